The largest absolute Gasteiger partial charge is 0.426 e. The number of carbonyl (C=O) groups is 2. The molecule has 1 amide bonds. The number of aryl methyl sites for hydroxylation is 1. The van der Waals surface area contributed by atoms with E-state index in [1.165, 1.54) is 0 Å². The molecule has 1 aromatic carbocycles. The minimum atomic E-state index is -0.335. The zero-order valence-corrected chi connectivity index (χ0v) is 8.16. The second-order valence-corrected chi connectivity index (χ2v) is 3.51. The number of ether oxygens (including phenoxy) is 1. The Labute approximate surface area is 87.0 Å². The van der Waals surface area contributed by atoms with Gasteiger partial charge < -0.3 is 10.5 Å². The Hall–Kier alpha value is -1.84. The van der Waals surface area contributed by atoms with Crippen molar-refractivity contribution < 1.29 is 14.3 Å². The van der Waals surface area contributed by atoms with Crippen LogP contribution >= 0.6 is 0 Å². The van der Waals surface area contributed by atoms with Crippen molar-refractivity contribution in [3.63, 3.8) is 0 Å². The van der Waals surface area contributed by atoms with Crippen LogP contribution < -0.4 is 10.5 Å². The lowest BCUT2D eigenvalue weighted by atomic mass is 10.0. The van der Waals surface area contributed by atoms with Crippen molar-refractivity contribution in [2.45, 2.75) is 19.3 Å². The molecular formula is C11H11NO3. The van der Waals surface area contributed by atoms with Crippen LogP contribution in [0, 0.1) is 0 Å². The number of rotatable bonds is 3. The van der Waals surface area contributed by atoms with Gasteiger partial charge in [-0.2, -0.15) is 0 Å². The molecule has 0 saturated carbocycles. The van der Waals surface area contributed by atoms with E-state index in [1.807, 2.05) is 12.1 Å². The molecule has 4 nitrogen and oxygen atoms in total. The Morgan fingerprint density at radius 1 is 1.47 bits per heavy atom. The Kier molecular flexibility index (Phi) is 2.41. The number of carbonyl (C=O) groups excluding carboxylic acids is 2. The Morgan fingerprint density at radius 3 is 3.00 bits per heavy atom. The van der Waals surface area contributed by atoms with Crippen LogP contribution in [-0.4, -0.2) is 11.9 Å². The first-order valence-electron chi connectivity index (χ1n) is 4.76. The predicted octanol–water partition coefficient (Wildman–Crippen LogP) is 0.566. The first-order valence-corrected chi connectivity index (χ1v) is 4.76. The highest BCUT2D eigenvalue weighted by atomic mass is 16.5. The molecule has 0 spiro atoms. The third-order valence-corrected chi connectivity index (χ3v) is 2.42. The lowest BCUT2D eigenvalue weighted by molar-refractivity contribution is -0.131. The Bertz CT molecular complexity index is 426. The Balaban J connectivity index is 2.22. The molecule has 15 heavy (non-hydrogen) atoms. The summed E-state index contributed by atoms with van der Waals surface area (Å²) in [5.41, 5.74) is 6.94. The molecule has 1 aliphatic rings. The maximum Gasteiger partial charge on any atom is 0.315 e. The summed E-state index contributed by atoms with van der Waals surface area (Å²) in [5.74, 6) is 0.0383. The highest BCUT2D eigenvalue weighted by Crippen LogP contribution is 2.29. The lowest BCUT2D eigenvalue weighted by Gasteiger charge is -2.04. The summed E-state index contributed by atoms with van der Waals surface area (Å²) in [4.78, 5) is 21.7. The average molecular weight is 205 g/mol. The molecule has 0 unspecified atom stereocenters. The molecule has 0 saturated heterocycles. The molecule has 1 aliphatic heterocycles. The van der Waals surface area contributed by atoms with Gasteiger partial charge in [0.05, 0.1) is 6.42 Å². The van der Waals surface area contributed by atoms with E-state index in [4.69, 9.17) is 10.5 Å². The number of hydrogen-bond donors (Lipinski definition) is 1. The van der Waals surface area contributed by atoms with Crippen molar-refractivity contribution in [1.29, 1.82) is 0 Å². The summed E-state index contributed by atoms with van der Waals surface area (Å²) in [6.07, 6.45) is 1.16. The van der Waals surface area contributed by atoms with Crippen molar-refractivity contribution in [2.75, 3.05) is 0 Å². The monoisotopic (exact) mass is 205 g/mol. The van der Waals surface area contributed by atoms with Crippen molar-refractivity contribution >= 4 is 11.9 Å². The number of primary amides is 1. The van der Waals surface area contributed by atoms with Crippen molar-refractivity contribution in [3.8, 4) is 5.75 Å². The van der Waals surface area contributed by atoms with E-state index in [9.17, 15) is 9.59 Å². The predicted molar refractivity (Wildman–Crippen MR) is 53.3 cm³/mol. The van der Waals surface area contributed by atoms with Crippen LogP contribution in [0.3, 0.4) is 0 Å². The van der Waals surface area contributed by atoms with Gasteiger partial charge in [-0.15, -0.1) is 0 Å². The van der Waals surface area contributed by atoms with Crippen LogP contribution in [-0.2, 0) is 22.4 Å². The van der Waals surface area contributed by atoms with E-state index < -0.39 is 0 Å². The molecule has 78 valence electrons. The van der Waals surface area contributed by atoms with Gasteiger partial charge >= 0.3 is 5.97 Å². The first-order chi connectivity index (χ1) is 7.16. The molecule has 0 atom stereocenters. The van der Waals surface area contributed by atoms with Gasteiger partial charge in [0.1, 0.15) is 5.75 Å². The first kappa shape index (κ1) is 9.71. The van der Waals surface area contributed by atoms with Crippen molar-refractivity contribution in [2.24, 2.45) is 5.73 Å². The number of esters is 1. The van der Waals surface area contributed by atoms with Crippen LogP contribution in [0.2, 0.25) is 0 Å². The molecule has 1 heterocycles. The van der Waals surface area contributed by atoms with E-state index in [0.717, 1.165) is 11.1 Å². The summed E-state index contributed by atoms with van der Waals surface area (Å²) >= 11 is 0. The number of nitrogens with two attached hydrogens (primary N) is 1. The highest BCUT2D eigenvalue weighted by molar-refractivity contribution is 5.82. The number of fused-ring (bicyclic) bond motifs is 1. The third kappa shape index (κ3) is 1.98. The topological polar surface area (TPSA) is 69.4 Å². The van der Waals surface area contributed by atoms with E-state index >= 15 is 0 Å². The maximum absolute atomic E-state index is 11.1. The quantitative estimate of drug-likeness (QED) is 0.579. The molecule has 0 aromatic heterocycles. The van der Waals surface area contributed by atoms with Gasteiger partial charge in [-0.25, -0.2) is 0 Å². The summed E-state index contributed by atoms with van der Waals surface area (Å²) in [6, 6.07) is 5.46. The lowest BCUT2D eigenvalue weighted by Crippen LogP contribution is -2.11. The zero-order chi connectivity index (χ0) is 10.8. The molecule has 0 radical (unpaired) electrons. The van der Waals surface area contributed by atoms with Gasteiger partial charge in [-0.1, -0.05) is 12.1 Å². The van der Waals surface area contributed by atoms with E-state index in [1.54, 1.807) is 6.07 Å². The summed E-state index contributed by atoms with van der Waals surface area (Å²) in [6.45, 7) is 0. The van der Waals surface area contributed by atoms with E-state index in [2.05, 4.69) is 0 Å². The van der Waals surface area contributed by atoms with E-state index in [0.29, 0.717) is 25.0 Å². The zero-order valence-electron chi connectivity index (χ0n) is 8.16. The molecule has 0 aliphatic carbocycles. The van der Waals surface area contributed by atoms with Crippen LogP contribution in [0.15, 0.2) is 18.2 Å². The van der Waals surface area contributed by atoms with Gasteiger partial charge in [0.2, 0.25) is 5.91 Å². The molecular weight excluding hydrogens is 194 g/mol. The summed E-state index contributed by atoms with van der Waals surface area (Å²) in [7, 11) is 0. The second kappa shape index (κ2) is 3.73. The summed E-state index contributed by atoms with van der Waals surface area (Å²) in [5, 5.41) is 0. The van der Waals surface area contributed by atoms with Gasteiger partial charge in [0, 0.05) is 12.0 Å². The van der Waals surface area contributed by atoms with Gasteiger partial charge in [-0.3, -0.25) is 9.59 Å². The molecule has 4 heteroatoms. The SMILES string of the molecule is NC(=O)CCc1cccc2c1CC(=O)O2. The smallest absolute Gasteiger partial charge is 0.315 e. The van der Waals surface area contributed by atoms with Crippen LogP contribution in [0.25, 0.3) is 0 Å². The second-order valence-electron chi connectivity index (χ2n) is 3.51. The molecule has 0 fully saturated rings. The summed E-state index contributed by atoms with van der Waals surface area (Å²) < 4.78 is 5.00. The molecule has 1 aromatic rings. The standard InChI is InChI=1S/C11H11NO3/c12-10(13)5-4-7-2-1-3-9-8(7)6-11(14)15-9/h1-3H,4-6H2,(H2,12,13). The molecule has 2 rings (SSSR count). The fourth-order valence-corrected chi connectivity index (χ4v) is 1.70. The number of benzene rings is 1. The normalized spacial score (nSPS) is 13.5. The van der Waals surface area contributed by atoms with Crippen LogP contribution in [0.1, 0.15) is 17.5 Å². The van der Waals surface area contributed by atoms with Crippen molar-refractivity contribution in [1.82, 2.24) is 0 Å². The maximum atomic E-state index is 11.1. The fraction of sp³-hybridized carbons (Fsp3) is 0.273. The average Bonchev–Trinajstić information content (AvgIpc) is 2.55. The fourth-order valence-electron chi connectivity index (χ4n) is 1.70. The van der Waals surface area contributed by atoms with Gasteiger partial charge in [0.15, 0.2) is 0 Å². The number of amides is 1. The van der Waals surface area contributed by atoms with Gasteiger partial charge in [-0.05, 0) is 18.1 Å². The Morgan fingerprint density at radius 2 is 2.27 bits per heavy atom. The van der Waals surface area contributed by atoms with Crippen LogP contribution in [0.5, 0.6) is 5.75 Å². The van der Waals surface area contributed by atoms with Crippen molar-refractivity contribution in [3.05, 3.63) is 29.3 Å². The van der Waals surface area contributed by atoms with E-state index in [-0.39, 0.29) is 11.9 Å². The minimum absolute atomic E-state index is 0.239. The minimum Gasteiger partial charge on any atom is -0.426 e. The molecule has 0 bridgehead atoms. The van der Waals surface area contributed by atoms with Crippen LogP contribution in [0.4, 0.5) is 0 Å². The molecule has 2 N–H and O–H groups in total. The number of hydrogen-bond acceptors (Lipinski definition) is 3. The third-order valence-electron chi connectivity index (χ3n) is 2.42. The van der Waals surface area contributed by atoms with Gasteiger partial charge in [0.25, 0.3) is 0 Å². The highest BCUT2D eigenvalue weighted by Gasteiger charge is 2.22.